The van der Waals surface area contributed by atoms with Crippen LogP contribution in [0.3, 0.4) is 0 Å². The van der Waals surface area contributed by atoms with E-state index in [2.05, 4.69) is 15.9 Å². The third-order valence-corrected chi connectivity index (χ3v) is 9.20. The second-order valence-corrected chi connectivity index (χ2v) is 13.5. The maximum atomic E-state index is 12.4. The summed E-state index contributed by atoms with van der Waals surface area (Å²) in [7, 11) is 0. The van der Waals surface area contributed by atoms with E-state index in [0.29, 0.717) is 6.61 Å². The second-order valence-electron chi connectivity index (χ2n) is 12.6. The molecule has 12 nitrogen and oxygen atoms in total. The van der Waals surface area contributed by atoms with E-state index in [4.69, 9.17) is 42.6 Å². The molecule has 2 aliphatic heterocycles. The first-order valence-electron chi connectivity index (χ1n) is 17.1. The Hall–Kier alpha value is -3.69. The van der Waals surface area contributed by atoms with Crippen molar-refractivity contribution in [2.45, 2.75) is 108 Å². The second kappa shape index (κ2) is 19.4. The van der Waals surface area contributed by atoms with Crippen LogP contribution in [0.4, 0.5) is 0 Å². The first kappa shape index (κ1) is 39.5. The molecular formula is C39H45BrO12. The number of rotatable bonds is 15. The van der Waals surface area contributed by atoms with Crippen molar-refractivity contribution in [1.29, 1.82) is 0 Å². The molecule has 2 saturated heterocycles. The third-order valence-electron chi connectivity index (χ3n) is 8.47. The quantitative estimate of drug-likeness (QED) is 0.111. The number of ether oxygens (including phenoxy) is 9. The van der Waals surface area contributed by atoms with Gasteiger partial charge in [0.2, 0.25) is 0 Å². The Morgan fingerprint density at radius 3 is 1.56 bits per heavy atom. The highest BCUT2D eigenvalue weighted by Crippen LogP contribution is 2.37. The van der Waals surface area contributed by atoms with Crippen molar-refractivity contribution < 1.29 is 57.0 Å². The highest BCUT2D eigenvalue weighted by Gasteiger charge is 2.55. The fourth-order valence-electron chi connectivity index (χ4n) is 6.17. The molecule has 0 saturated carbocycles. The molecule has 280 valence electrons. The van der Waals surface area contributed by atoms with Gasteiger partial charge >= 0.3 is 17.9 Å². The topological polar surface area (TPSA) is 134 Å². The fourth-order valence-corrected chi connectivity index (χ4v) is 6.87. The van der Waals surface area contributed by atoms with Crippen LogP contribution < -0.4 is 0 Å². The lowest BCUT2D eigenvalue weighted by molar-refractivity contribution is -0.338. The molecule has 3 aromatic carbocycles. The molecule has 0 radical (unpaired) electrons. The van der Waals surface area contributed by atoms with Gasteiger partial charge in [-0.05, 0) is 23.6 Å². The Kier molecular flexibility index (Phi) is 14.7. The standard InChI is InChI=1S/C39H45BrO12/c1-24-32(48-25(2)41)35(49-26(3)42)37(50-27(4)43)39(47-24)52-36-34(46-22-30-18-12-7-13-19-30)33(45-21-29-16-10-6-11-17-29)31(51-38(36)40)23-44-20-28-14-8-5-9-15-28/h5-19,24,31-39H,20-23H2,1-4H3/t24-,31+,32-,33+,34-,35+,36+,37+,38-,39?/m0/s1. The van der Waals surface area contributed by atoms with Crippen LogP contribution in [-0.4, -0.2) is 84.6 Å². The number of esters is 3. The number of benzene rings is 3. The normalized spacial score (nSPS) is 28.8. The van der Waals surface area contributed by atoms with Crippen LogP contribution in [0, 0.1) is 0 Å². The van der Waals surface area contributed by atoms with Gasteiger partial charge in [0.25, 0.3) is 0 Å². The van der Waals surface area contributed by atoms with E-state index in [0.717, 1.165) is 16.7 Å². The molecule has 3 aromatic rings. The zero-order chi connectivity index (χ0) is 37.0. The van der Waals surface area contributed by atoms with E-state index < -0.39 is 78.0 Å². The molecule has 2 heterocycles. The molecule has 5 rings (SSSR count). The molecule has 13 heteroatoms. The monoisotopic (exact) mass is 784 g/mol. The summed E-state index contributed by atoms with van der Waals surface area (Å²) in [6, 6.07) is 29.2. The molecule has 0 N–H and O–H groups in total. The molecule has 52 heavy (non-hydrogen) atoms. The van der Waals surface area contributed by atoms with Gasteiger partial charge in [-0.2, -0.15) is 0 Å². The Morgan fingerprint density at radius 1 is 0.577 bits per heavy atom. The van der Waals surface area contributed by atoms with E-state index in [1.165, 1.54) is 20.8 Å². The first-order valence-corrected chi connectivity index (χ1v) is 18.1. The van der Waals surface area contributed by atoms with Gasteiger partial charge in [-0.25, -0.2) is 0 Å². The first-order chi connectivity index (χ1) is 25.1. The molecule has 0 aliphatic carbocycles. The Bertz CT molecular complexity index is 1560. The van der Waals surface area contributed by atoms with Crippen molar-refractivity contribution in [2.75, 3.05) is 6.61 Å². The summed E-state index contributed by atoms with van der Waals surface area (Å²) >= 11 is 3.68. The largest absolute Gasteiger partial charge is 0.456 e. The average Bonchev–Trinajstić information content (AvgIpc) is 3.12. The van der Waals surface area contributed by atoms with Crippen molar-refractivity contribution in [3.63, 3.8) is 0 Å². The van der Waals surface area contributed by atoms with Crippen molar-refractivity contribution in [2.24, 2.45) is 0 Å². The van der Waals surface area contributed by atoms with E-state index in [-0.39, 0.29) is 19.8 Å². The minimum Gasteiger partial charge on any atom is -0.456 e. The number of halogens is 1. The van der Waals surface area contributed by atoms with Crippen LogP contribution in [0.5, 0.6) is 0 Å². The van der Waals surface area contributed by atoms with Gasteiger partial charge in [0.15, 0.2) is 24.6 Å². The van der Waals surface area contributed by atoms with Crippen molar-refractivity contribution in [3.8, 4) is 0 Å². The van der Waals surface area contributed by atoms with E-state index in [1.54, 1.807) is 6.92 Å². The minimum absolute atomic E-state index is 0.167. The summed E-state index contributed by atoms with van der Waals surface area (Å²) in [5.41, 5.74) is 2.85. The van der Waals surface area contributed by atoms with Gasteiger partial charge in [-0.1, -0.05) is 107 Å². The molecule has 2 aliphatic rings. The van der Waals surface area contributed by atoms with Gasteiger partial charge in [0.05, 0.1) is 32.5 Å². The number of carbonyl (C=O) groups excluding carboxylic acids is 3. The van der Waals surface area contributed by atoms with Gasteiger partial charge in [0, 0.05) is 20.8 Å². The van der Waals surface area contributed by atoms with Crippen LogP contribution in [0.15, 0.2) is 91.0 Å². The van der Waals surface area contributed by atoms with E-state index in [1.807, 2.05) is 91.0 Å². The smallest absolute Gasteiger partial charge is 0.303 e. The lowest BCUT2D eigenvalue weighted by Crippen LogP contribution is -2.65. The predicted molar refractivity (Wildman–Crippen MR) is 190 cm³/mol. The summed E-state index contributed by atoms with van der Waals surface area (Å²) in [6.45, 7) is 6.23. The fraction of sp³-hybridized carbons (Fsp3) is 0.462. The highest BCUT2D eigenvalue weighted by molar-refractivity contribution is 9.09. The van der Waals surface area contributed by atoms with Crippen LogP contribution >= 0.6 is 15.9 Å². The molecule has 0 amide bonds. The number of hydrogen-bond acceptors (Lipinski definition) is 12. The number of hydrogen-bond donors (Lipinski definition) is 0. The molecule has 10 atom stereocenters. The molecule has 0 aromatic heterocycles. The molecule has 0 bridgehead atoms. The summed E-state index contributed by atoms with van der Waals surface area (Å²) in [5, 5.41) is -0.801. The van der Waals surface area contributed by atoms with Crippen molar-refractivity contribution in [3.05, 3.63) is 108 Å². The summed E-state index contributed by atoms with van der Waals surface area (Å²) in [4.78, 5) is 36.8. The van der Waals surface area contributed by atoms with Crippen LogP contribution in [0.25, 0.3) is 0 Å². The van der Waals surface area contributed by atoms with Crippen molar-refractivity contribution >= 4 is 33.8 Å². The van der Waals surface area contributed by atoms with E-state index >= 15 is 0 Å². The lowest BCUT2D eigenvalue weighted by Gasteiger charge is -2.48. The average molecular weight is 786 g/mol. The van der Waals surface area contributed by atoms with E-state index in [9.17, 15) is 14.4 Å². The molecule has 1 unspecified atom stereocenters. The Morgan fingerprint density at radius 2 is 1.04 bits per heavy atom. The Balaban J connectivity index is 1.47. The molecule has 2 fully saturated rings. The number of carbonyl (C=O) groups is 3. The number of alkyl halides is 1. The van der Waals surface area contributed by atoms with Crippen molar-refractivity contribution in [1.82, 2.24) is 0 Å². The molecule has 0 spiro atoms. The van der Waals surface area contributed by atoms with Crippen LogP contribution in [0.1, 0.15) is 44.4 Å². The highest BCUT2D eigenvalue weighted by atomic mass is 79.9. The zero-order valence-electron chi connectivity index (χ0n) is 29.5. The third kappa shape index (κ3) is 11.2. The minimum atomic E-state index is -1.33. The predicted octanol–water partition coefficient (Wildman–Crippen LogP) is 5.42. The Labute approximate surface area is 312 Å². The van der Waals surface area contributed by atoms with Gasteiger partial charge in [0.1, 0.15) is 29.4 Å². The van der Waals surface area contributed by atoms with Crippen LogP contribution in [-0.2, 0) is 76.8 Å². The zero-order valence-corrected chi connectivity index (χ0v) is 31.1. The van der Waals surface area contributed by atoms with Crippen LogP contribution in [0.2, 0.25) is 0 Å². The van der Waals surface area contributed by atoms with Gasteiger partial charge in [-0.3, -0.25) is 14.4 Å². The SMILES string of the molecule is CC(=O)O[C@@H]1[C@@H](OC(C)=O)[C@@H](OC(C)=O)C(O[C@@H]2[C@@H](OCc3ccccc3)[C@H](OCc3ccccc3)[C@@H](COCc3ccccc3)O[C@@H]2Br)O[C@H]1C. The maximum absolute atomic E-state index is 12.4. The molecular weight excluding hydrogens is 740 g/mol. The summed E-state index contributed by atoms with van der Waals surface area (Å²) < 4.78 is 55.6. The lowest BCUT2D eigenvalue weighted by atomic mass is 9.97. The van der Waals surface area contributed by atoms with Gasteiger partial charge in [-0.15, -0.1) is 0 Å². The van der Waals surface area contributed by atoms with Gasteiger partial charge < -0.3 is 42.6 Å². The summed E-state index contributed by atoms with van der Waals surface area (Å²) in [6.07, 6.45) is -8.90. The summed E-state index contributed by atoms with van der Waals surface area (Å²) in [5.74, 6) is -2.00. The maximum Gasteiger partial charge on any atom is 0.303 e.